The van der Waals surface area contributed by atoms with Crippen molar-refractivity contribution in [1.82, 2.24) is 24.3 Å². The molecule has 3 aromatic heterocycles. The largest absolute Gasteiger partial charge is 0.493 e. The SMILES string of the molecule is Nc1cc(-c2cnc3cc(OCC4CCN(CC(F)F)CC4)ccn23)ncn1. The molecule has 28 heavy (non-hydrogen) atoms. The molecule has 0 radical (unpaired) electrons. The molecule has 0 spiro atoms. The van der Waals surface area contributed by atoms with Crippen LogP contribution in [0.4, 0.5) is 14.6 Å². The van der Waals surface area contributed by atoms with Gasteiger partial charge in [0.05, 0.1) is 30.7 Å². The van der Waals surface area contributed by atoms with Crippen LogP contribution in [0.3, 0.4) is 0 Å². The van der Waals surface area contributed by atoms with Crippen molar-refractivity contribution in [1.29, 1.82) is 0 Å². The fourth-order valence-corrected chi connectivity index (χ4v) is 3.50. The van der Waals surface area contributed by atoms with Gasteiger partial charge < -0.3 is 10.5 Å². The molecular formula is C19H22F2N6O. The Labute approximate surface area is 161 Å². The minimum Gasteiger partial charge on any atom is -0.493 e. The molecule has 1 saturated heterocycles. The van der Waals surface area contributed by atoms with E-state index in [0.29, 0.717) is 37.1 Å². The highest BCUT2D eigenvalue weighted by atomic mass is 19.3. The van der Waals surface area contributed by atoms with E-state index in [4.69, 9.17) is 10.5 Å². The number of ether oxygens (including phenoxy) is 1. The number of pyridine rings is 1. The predicted molar refractivity (Wildman–Crippen MR) is 101 cm³/mol. The molecular weight excluding hydrogens is 366 g/mol. The fraction of sp³-hybridized carbons (Fsp3) is 0.421. The van der Waals surface area contributed by atoms with Gasteiger partial charge in [-0.3, -0.25) is 9.30 Å². The summed E-state index contributed by atoms with van der Waals surface area (Å²) < 4.78 is 32.8. The number of piperidine rings is 1. The minimum atomic E-state index is -2.27. The third-order valence-corrected chi connectivity index (χ3v) is 5.02. The van der Waals surface area contributed by atoms with Crippen LogP contribution in [0.5, 0.6) is 5.75 Å². The maximum atomic E-state index is 12.5. The zero-order chi connectivity index (χ0) is 19.5. The van der Waals surface area contributed by atoms with Crippen LogP contribution in [0.25, 0.3) is 17.0 Å². The van der Waals surface area contributed by atoms with Gasteiger partial charge in [-0.25, -0.2) is 23.7 Å². The van der Waals surface area contributed by atoms with E-state index in [0.717, 1.165) is 29.9 Å². The summed E-state index contributed by atoms with van der Waals surface area (Å²) in [6, 6.07) is 5.46. The van der Waals surface area contributed by atoms with Gasteiger partial charge in [0.1, 0.15) is 23.5 Å². The van der Waals surface area contributed by atoms with Crippen molar-refractivity contribution in [2.24, 2.45) is 5.92 Å². The number of nitrogens with zero attached hydrogens (tertiary/aromatic N) is 5. The number of anilines is 1. The van der Waals surface area contributed by atoms with E-state index in [1.165, 1.54) is 6.33 Å². The Morgan fingerprint density at radius 3 is 2.75 bits per heavy atom. The highest BCUT2D eigenvalue weighted by molar-refractivity contribution is 5.62. The first-order valence-electron chi connectivity index (χ1n) is 9.27. The molecule has 0 unspecified atom stereocenters. The lowest BCUT2D eigenvalue weighted by Gasteiger charge is -2.31. The van der Waals surface area contributed by atoms with E-state index in [-0.39, 0.29) is 6.54 Å². The van der Waals surface area contributed by atoms with E-state index in [2.05, 4.69) is 15.0 Å². The summed E-state index contributed by atoms with van der Waals surface area (Å²) in [5.41, 5.74) is 8.00. The average Bonchev–Trinajstić information content (AvgIpc) is 3.10. The molecule has 2 N–H and O–H groups in total. The number of halogens is 2. The van der Waals surface area contributed by atoms with Crippen molar-refractivity contribution in [2.75, 3.05) is 32.0 Å². The zero-order valence-corrected chi connectivity index (χ0v) is 15.3. The Morgan fingerprint density at radius 1 is 1.18 bits per heavy atom. The summed E-state index contributed by atoms with van der Waals surface area (Å²) in [6.45, 7) is 1.84. The van der Waals surface area contributed by atoms with Crippen molar-refractivity contribution in [2.45, 2.75) is 19.3 Å². The summed E-state index contributed by atoms with van der Waals surface area (Å²) >= 11 is 0. The number of nitrogen functional groups attached to an aromatic ring is 1. The van der Waals surface area contributed by atoms with Crippen LogP contribution in [-0.4, -0.2) is 56.9 Å². The van der Waals surface area contributed by atoms with Gasteiger partial charge in [0.25, 0.3) is 6.43 Å². The molecule has 0 saturated carbocycles. The van der Waals surface area contributed by atoms with Crippen molar-refractivity contribution in [3.05, 3.63) is 36.9 Å². The number of hydrogen-bond acceptors (Lipinski definition) is 6. The highest BCUT2D eigenvalue weighted by Crippen LogP contribution is 2.24. The zero-order valence-electron chi connectivity index (χ0n) is 15.3. The Bertz CT molecular complexity index is 939. The maximum absolute atomic E-state index is 12.5. The van der Waals surface area contributed by atoms with E-state index >= 15 is 0 Å². The van der Waals surface area contributed by atoms with Gasteiger partial charge in [0.2, 0.25) is 0 Å². The third-order valence-electron chi connectivity index (χ3n) is 5.02. The van der Waals surface area contributed by atoms with Crippen molar-refractivity contribution < 1.29 is 13.5 Å². The van der Waals surface area contributed by atoms with Crippen LogP contribution in [0.2, 0.25) is 0 Å². The summed E-state index contributed by atoms with van der Waals surface area (Å²) in [5.74, 6) is 1.52. The van der Waals surface area contributed by atoms with E-state index in [1.807, 2.05) is 27.6 Å². The fourth-order valence-electron chi connectivity index (χ4n) is 3.50. The normalized spacial score (nSPS) is 16.1. The van der Waals surface area contributed by atoms with Gasteiger partial charge >= 0.3 is 0 Å². The van der Waals surface area contributed by atoms with Crippen LogP contribution < -0.4 is 10.5 Å². The number of aromatic nitrogens is 4. The molecule has 1 fully saturated rings. The summed E-state index contributed by atoms with van der Waals surface area (Å²) in [6.07, 6.45) is 4.53. The lowest BCUT2D eigenvalue weighted by atomic mass is 9.98. The third kappa shape index (κ3) is 4.19. The van der Waals surface area contributed by atoms with Gasteiger partial charge in [-0.15, -0.1) is 0 Å². The molecule has 4 heterocycles. The molecule has 4 rings (SSSR count). The Hall–Kier alpha value is -2.81. The molecule has 0 aliphatic carbocycles. The second-order valence-electron chi connectivity index (χ2n) is 7.01. The van der Waals surface area contributed by atoms with E-state index < -0.39 is 6.43 Å². The Balaban J connectivity index is 1.38. The number of hydrogen-bond donors (Lipinski definition) is 1. The molecule has 0 aromatic carbocycles. The van der Waals surface area contributed by atoms with Gasteiger partial charge in [-0.2, -0.15) is 0 Å². The molecule has 0 bridgehead atoms. The predicted octanol–water partition coefficient (Wildman–Crippen LogP) is 2.73. The second-order valence-corrected chi connectivity index (χ2v) is 7.01. The van der Waals surface area contributed by atoms with Crippen LogP contribution in [-0.2, 0) is 0 Å². The number of alkyl halides is 2. The molecule has 0 atom stereocenters. The Kier molecular flexibility index (Phi) is 5.34. The quantitative estimate of drug-likeness (QED) is 0.699. The van der Waals surface area contributed by atoms with Gasteiger partial charge in [-0.05, 0) is 37.9 Å². The molecule has 7 nitrogen and oxygen atoms in total. The standard InChI is InChI=1S/C19H22F2N6O/c20-17(21)10-26-4-1-13(2-5-26)11-28-14-3-6-27-16(9-23-19(27)7-14)15-8-18(22)25-12-24-15/h3,6-9,12-13,17H,1-2,4-5,10-11H2,(H2,22,24,25). The maximum Gasteiger partial charge on any atom is 0.251 e. The first kappa shape index (κ1) is 18.5. The first-order chi connectivity index (χ1) is 13.6. The molecule has 1 aliphatic rings. The number of nitrogens with two attached hydrogens (primary N) is 1. The number of imidazole rings is 1. The van der Waals surface area contributed by atoms with E-state index in [1.54, 1.807) is 12.3 Å². The van der Waals surface area contributed by atoms with Crippen molar-refractivity contribution in [3.63, 3.8) is 0 Å². The topological polar surface area (TPSA) is 81.6 Å². The molecule has 148 valence electrons. The smallest absolute Gasteiger partial charge is 0.251 e. The summed E-state index contributed by atoms with van der Waals surface area (Å²) in [7, 11) is 0. The van der Waals surface area contributed by atoms with Crippen LogP contribution >= 0.6 is 0 Å². The molecule has 1 aliphatic heterocycles. The molecule has 9 heteroatoms. The average molecular weight is 388 g/mol. The molecule has 0 amide bonds. The summed E-state index contributed by atoms with van der Waals surface area (Å²) in [5, 5.41) is 0. The first-order valence-corrected chi connectivity index (χ1v) is 9.27. The lowest BCUT2D eigenvalue weighted by Crippen LogP contribution is -2.38. The van der Waals surface area contributed by atoms with Crippen molar-refractivity contribution in [3.8, 4) is 17.1 Å². The van der Waals surface area contributed by atoms with Crippen LogP contribution in [0, 0.1) is 5.92 Å². The van der Waals surface area contributed by atoms with Crippen molar-refractivity contribution >= 4 is 11.5 Å². The van der Waals surface area contributed by atoms with Gasteiger partial charge in [-0.1, -0.05) is 0 Å². The molecule has 3 aromatic rings. The lowest BCUT2D eigenvalue weighted by molar-refractivity contribution is 0.0620. The van der Waals surface area contributed by atoms with Crippen LogP contribution in [0.1, 0.15) is 12.8 Å². The minimum absolute atomic E-state index is 0.134. The Morgan fingerprint density at radius 2 is 2.00 bits per heavy atom. The van der Waals surface area contributed by atoms with Gasteiger partial charge in [0, 0.05) is 18.3 Å². The summed E-state index contributed by atoms with van der Waals surface area (Å²) in [4.78, 5) is 14.4. The van der Waals surface area contributed by atoms with Crippen LogP contribution in [0.15, 0.2) is 36.9 Å². The van der Waals surface area contributed by atoms with Gasteiger partial charge in [0.15, 0.2) is 0 Å². The number of likely N-dealkylation sites (tertiary alicyclic amines) is 1. The monoisotopic (exact) mass is 388 g/mol. The second kappa shape index (κ2) is 8.05. The highest BCUT2D eigenvalue weighted by Gasteiger charge is 2.22. The van der Waals surface area contributed by atoms with E-state index in [9.17, 15) is 8.78 Å². The number of fused-ring (bicyclic) bond motifs is 1. The number of rotatable bonds is 6.